The number of benzene rings is 2. The smallest absolute Gasteiger partial charge is 0.317 e. The fourth-order valence-electron chi connectivity index (χ4n) is 7.84. The monoisotopic (exact) mass is 637 g/mol. The predicted octanol–water partition coefficient (Wildman–Crippen LogP) is 5.07. The van der Waals surface area contributed by atoms with Crippen LogP contribution in [0, 0.1) is 34.3 Å². The molecule has 0 saturated carbocycles. The molecule has 1 aromatic heterocycles. The minimum absolute atomic E-state index is 0.0766. The van der Waals surface area contributed by atoms with E-state index < -0.39 is 40.1 Å². The number of thioether (sulfide) groups is 1. The zero-order valence-electron chi connectivity index (χ0n) is 25.5. The highest BCUT2D eigenvalue weighted by molar-refractivity contribution is 8.00. The number of likely N-dealkylation sites (tertiary alicyclic amines) is 1. The summed E-state index contributed by atoms with van der Waals surface area (Å²) in [4.78, 5) is 12.1. The van der Waals surface area contributed by atoms with Crippen molar-refractivity contribution in [2.24, 2.45) is 17.1 Å². The molecule has 45 heavy (non-hydrogen) atoms. The third-order valence-corrected chi connectivity index (χ3v) is 11.7. The highest BCUT2D eigenvalue weighted by atomic mass is 32.2. The van der Waals surface area contributed by atoms with Gasteiger partial charge in [0.25, 0.3) is 0 Å². The summed E-state index contributed by atoms with van der Waals surface area (Å²) in [6.07, 6.45) is 4.24. The molecule has 4 aliphatic heterocycles. The van der Waals surface area contributed by atoms with Crippen LogP contribution in [0.15, 0.2) is 35.4 Å². The number of hydrogen-bond acceptors (Lipinski definition) is 9. The van der Waals surface area contributed by atoms with Gasteiger partial charge in [-0.05, 0) is 56.5 Å². The number of rotatable bonds is 7. The van der Waals surface area contributed by atoms with E-state index in [-0.39, 0.29) is 29.4 Å². The number of nitrogens with zero attached hydrogens (tertiary/aromatic N) is 5. The average molecular weight is 638 g/mol. The Morgan fingerprint density at radius 1 is 1.22 bits per heavy atom. The maximum atomic E-state index is 16.5. The Kier molecular flexibility index (Phi) is 7.87. The number of ether oxygens (including phenoxy) is 1. The highest BCUT2D eigenvalue weighted by Crippen LogP contribution is 2.59. The predicted molar refractivity (Wildman–Crippen MR) is 168 cm³/mol. The number of piperazine rings is 1. The van der Waals surface area contributed by atoms with Crippen LogP contribution >= 0.6 is 11.8 Å². The maximum absolute atomic E-state index is 16.5. The van der Waals surface area contributed by atoms with E-state index in [0.29, 0.717) is 24.2 Å². The van der Waals surface area contributed by atoms with Crippen molar-refractivity contribution in [3.05, 3.63) is 53.2 Å². The fraction of sp³-hybridized carbons (Fsp3) is 0.545. The van der Waals surface area contributed by atoms with Gasteiger partial charge in [0, 0.05) is 64.9 Å². The summed E-state index contributed by atoms with van der Waals surface area (Å²) in [6.45, 7) is 7.70. The first-order valence-electron chi connectivity index (χ1n) is 15.7. The Morgan fingerprint density at radius 3 is 2.71 bits per heavy atom. The molecule has 2 aromatic carbocycles. The number of hydrogen-bond donors (Lipinski definition) is 2. The third kappa shape index (κ3) is 5.12. The largest absolute Gasteiger partial charge is 0.463 e. The Hall–Kier alpha value is -3.11. The normalized spacial score (nSPS) is 31.3. The van der Waals surface area contributed by atoms with Crippen LogP contribution in [0.5, 0.6) is 6.01 Å². The van der Waals surface area contributed by atoms with Crippen molar-refractivity contribution in [2.45, 2.75) is 60.9 Å². The van der Waals surface area contributed by atoms with Crippen LogP contribution in [0.2, 0.25) is 0 Å². The lowest BCUT2D eigenvalue weighted by atomic mass is 9.73. The summed E-state index contributed by atoms with van der Waals surface area (Å²) in [5.74, 6) is -2.99. The molecule has 6 atom stereocenters. The highest BCUT2D eigenvalue weighted by Gasteiger charge is 2.51. The topological polar surface area (TPSA) is 103 Å². The molecule has 3 saturated heterocycles. The molecule has 0 radical (unpaired) electrons. The number of halogens is 3. The van der Waals surface area contributed by atoms with Gasteiger partial charge in [0.2, 0.25) is 0 Å². The molecule has 2 unspecified atom stereocenters. The molecule has 8 nitrogen and oxygen atoms in total. The molecule has 3 fully saturated rings. The van der Waals surface area contributed by atoms with E-state index >= 15 is 8.78 Å². The first-order chi connectivity index (χ1) is 21.7. The van der Waals surface area contributed by atoms with Gasteiger partial charge in [-0.3, -0.25) is 4.39 Å². The average Bonchev–Trinajstić information content (AvgIpc) is 3.53. The van der Waals surface area contributed by atoms with Crippen LogP contribution in [-0.2, 0) is 4.87 Å². The Balaban J connectivity index is 1.22. The number of nitrogens with two attached hydrogens (primary N) is 1. The summed E-state index contributed by atoms with van der Waals surface area (Å²) in [6, 6.07) is 9.89. The minimum Gasteiger partial charge on any atom is -0.463 e. The molecule has 3 aromatic rings. The van der Waals surface area contributed by atoms with Gasteiger partial charge >= 0.3 is 6.01 Å². The van der Waals surface area contributed by atoms with Crippen LogP contribution in [-0.4, -0.2) is 73.0 Å². The SMILES string of the molecule is CCN1CC[C@H](CF)[C@](C)(COc2ncc3cc(F)c(C4(N)Sc5cccc(N6C[C@H]7CC[C@@H](C6)N7)c5C4C#N)c(F)c3n2)C1. The molecule has 7 rings (SSSR count). The molecule has 0 spiro atoms. The van der Waals surface area contributed by atoms with E-state index in [1.807, 2.05) is 25.1 Å². The van der Waals surface area contributed by atoms with E-state index in [1.165, 1.54) is 12.3 Å². The second kappa shape index (κ2) is 11.6. The summed E-state index contributed by atoms with van der Waals surface area (Å²) >= 11 is 1.11. The second-order valence-corrected chi connectivity index (χ2v) is 14.6. The zero-order valence-corrected chi connectivity index (χ0v) is 26.3. The minimum atomic E-state index is -1.73. The molecule has 0 amide bonds. The van der Waals surface area contributed by atoms with E-state index in [4.69, 9.17) is 10.5 Å². The standard InChI is InChI=1S/C33H38F3N7OS/c1-3-42-10-9-20(12-34)32(2,17-42)18-44-31-39-14-19-11-24(35)28(29(36)30(19)41-31)33(38)23(13-37)27-25(5-4-6-26(27)45-33)43-15-21-7-8-22(16-43)40-21/h4-6,11,14,20-23,40H,3,7-10,12,15-18,38H2,1-2H3/t20-,21-,22+,23?,32+,33?/m1/s1. The lowest BCUT2D eigenvalue weighted by Crippen LogP contribution is -2.51. The van der Waals surface area contributed by atoms with Crippen molar-refractivity contribution >= 4 is 28.4 Å². The molecular formula is C33H38F3N7OS. The number of fused-ring (bicyclic) bond motifs is 4. The van der Waals surface area contributed by atoms with Crippen LogP contribution in [0.3, 0.4) is 0 Å². The van der Waals surface area contributed by atoms with Crippen molar-refractivity contribution in [1.82, 2.24) is 20.2 Å². The second-order valence-electron chi connectivity index (χ2n) is 13.3. The van der Waals surface area contributed by atoms with Gasteiger partial charge < -0.3 is 25.6 Å². The fourth-order valence-corrected chi connectivity index (χ4v) is 9.26. The number of alkyl halides is 1. The number of piperidine rings is 1. The Bertz CT molecular complexity index is 1660. The van der Waals surface area contributed by atoms with E-state index in [0.717, 1.165) is 67.8 Å². The van der Waals surface area contributed by atoms with E-state index in [2.05, 4.69) is 38.1 Å². The molecule has 5 heterocycles. The van der Waals surface area contributed by atoms with Crippen molar-refractivity contribution in [3.8, 4) is 12.1 Å². The molecule has 12 heteroatoms. The van der Waals surface area contributed by atoms with E-state index in [1.54, 1.807) is 0 Å². The molecular weight excluding hydrogens is 599 g/mol. The van der Waals surface area contributed by atoms with Gasteiger partial charge in [-0.15, -0.1) is 0 Å². The van der Waals surface area contributed by atoms with Crippen LogP contribution in [0.25, 0.3) is 10.9 Å². The summed E-state index contributed by atoms with van der Waals surface area (Å²) in [7, 11) is 0. The number of aromatic nitrogens is 2. The molecule has 2 bridgehead atoms. The molecule has 4 aliphatic rings. The third-order valence-electron chi connectivity index (χ3n) is 10.4. The molecule has 0 aliphatic carbocycles. The van der Waals surface area contributed by atoms with Crippen LogP contribution < -0.4 is 20.7 Å². The van der Waals surface area contributed by atoms with Gasteiger partial charge in [0.1, 0.15) is 22.1 Å². The van der Waals surface area contributed by atoms with Crippen molar-refractivity contribution in [1.29, 1.82) is 5.26 Å². The van der Waals surface area contributed by atoms with Crippen LogP contribution in [0.4, 0.5) is 18.9 Å². The maximum Gasteiger partial charge on any atom is 0.317 e. The van der Waals surface area contributed by atoms with Gasteiger partial charge in [-0.25, -0.2) is 13.8 Å². The number of nitrogens with one attached hydrogen (secondary N) is 1. The quantitative estimate of drug-likeness (QED) is 0.368. The van der Waals surface area contributed by atoms with Gasteiger partial charge in [0.15, 0.2) is 5.82 Å². The summed E-state index contributed by atoms with van der Waals surface area (Å²) < 4.78 is 52.3. The lowest BCUT2D eigenvalue weighted by Gasteiger charge is -2.44. The number of anilines is 1. The Labute approximate surface area is 265 Å². The van der Waals surface area contributed by atoms with Gasteiger partial charge in [-0.1, -0.05) is 31.7 Å². The Morgan fingerprint density at radius 2 is 2.00 bits per heavy atom. The summed E-state index contributed by atoms with van der Waals surface area (Å²) in [5, 5.41) is 14.3. The van der Waals surface area contributed by atoms with Gasteiger partial charge in [-0.2, -0.15) is 10.2 Å². The first kappa shape index (κ1) is 30.5. The van der Waals surface area contributed by atoms with Crippen molar-refractivity contribution in [2.75, 3.05) is 50.9 Å². The van der Waals surface area contributed by atoms with E-state index in [9.17, 15) is 9.65 Å². The molecule has 238 valence electrons. The van der Waals surface area contributed by atoms with Crippen molar-refractivity contribution < 1.29 is 17.9 Å². The molecule has 3 N–H and O–H groups in total. The number of nitriles is 1. The van der Waals surface area contributed by atoms with Gasteiger partial charge in [0.05, 0.1) is 24.9 Å². The van der Waals surface area contributed by atoms with Crippen molar-refractivity contribution in [3.63, 3.8) is 0 Å². The summed E-state index contributed by atoms with van der Waals surface area (Å²) in [5.41, 5.74) is 7.51. The first-order valence-corrected chi connectivity index (χ1v) is 16.6. The zero-order chi connectivity index (χ0) is 31.5. The van der Waals surface area contributed by atoms with Crippen LogP contribution in [0.1, 0.15) is 50.2 Å². The lowest BCUT2D eigenvalue weighted by molar-refractivity contribution is -0.00720.